The third-order valence-electron chi connectivity index (χ3n) is 2.59. The smallest absolute Gasteiger partial charge is 0.237 e. The van der Waals surface area contributed by atoms with E-state index in [4.69, 9.17) is 16.3 Å². The van der Waals surface area contributed by atoms with Crippen LogP contribution in [0.4, 0.5) is 4.39 Å². The topological polar surface area (TPSA) is 42.4 Å². The molecule has 1 saturated heterocycles. The average Bonchev–Trinajstić information content (AvgIpc) is 2.76. The minimum absolute atomic E-state index is 0.0229. The first-order valence-electron chi connectivity index (χ1n) is 5.32. The highest BCUT2D eigenvalue weighted by molar-refractivity contribution is 6.27. The molecule has 2 heterocycles. The van der Waals surface area contributed by atoms with Crippen LogP contribution in [0, 0.1) is 5.95 Å². The van der Waals surface area contributed by atoms with E-state index in [-0.39, 0.29) is 23.8 Å². The van der Waals surface area contributed by atoms with Gasteiger partial charge in [0, 0.05) is 19.0 Å². The van der Waals surface area contributed by atoms with Crippen molar-refractivity contribution in [2.75, 3.05) is 19.0 Å². The van der Waals surface area contributed by atoms with Gasteiger partial charge in [-0.05, 0) is 6.07 Å². The van der Waals surface area contributed by atoms with E-state index in [1.807, 2.05) is 0 Å². The summed E-state index contributed by atoms with van der Waals surface area (Å²) < 4.78 is 18.3. The third-order valence-corrected chi connectivity index (χ3v) is 2.82. The summed E-state index contributed by atoms with van der Waals surface area (Å²) >= 11 is 5.47. The molecule has 1 aromatic heterocycles. The maximum Gasteiger partial charge on any atom is 0.237 e. The number of halogens is 2. The number of carbonyl (C=O) groups excluding carboxylic acids is 1. The Bertz CT molecular complexity index is 416. The molecule has 0 aromatic carbocycles. The summed E-state index contributed by atoms with van der Waals surface area (Å²) in [6.45, 7) is 1.09. The number of nitrogens with zero attached hydrogens (tertiary/aromatic N) is 2. The number of ether oxygens (including phenoxy) is 1. The van der Waals surface area contributed by atoms with Gasteiger partial charge in [0.15, 0.2) is 0 Å². The lowest BCUT2D eigenvalue weighted by Gasteiger charge is -2.15. The number of pyridine rings is 1. The second kappa shape index (κ2) is 5.31. The van der Waals surface area contributed by atoms with Crippen molar-refractivity contribution >= 4 is 17.5 Å². The lowest BCUT2D eigenvalue weighted by Crippen LogP contribution is -2.31. The lowest BCUT2D eigenvalue weighted by atomic mass is 10.3. The zero-order valence-corrected chi connectivity index (χ0v) is 9.86. The zero-order chi connectivity index (χ0) is 12.3. The maximum atomic E-state index is 12.8. The SMILES string of the molecule is O=C(CCl)N1CCC(Oc2cccc(F)n2)C1. The Morgan fingerprint density at radius 3 is 3.18 bits per heavy atom. The Kier molecular flexibility index (Phi) is 3.78. The molecule has 17 heavy (non-hydrogen) atoms. The van der Waals surface area contributed by atoms with Crippen molar-refractivity contribution in [3.63, 3.8) is 0 Å². The molecule has 0 aliphatic carbocycles. The molecule has 0 N–H and O–H groups in total. The fraction of sp³-hybridized carbons (Fsp3) is 0.455. The molecule has 1 aliphatic heterocycles. The van der Waals surface area contributed by atoms with Crippen LogP contribution in [0.5, 0.6) is 5.88 Å². The standard InChI is InChI=1S/C11H12ClFN2O2/c12-6-11(16)15-5-4-8(7-15)17-10-3-1-2-9(13)14-10/h1-3,8H,4-7H2. The summed E-state index contributed by atoms with van der Waals surface area (Å²) in [4.78, 5) is 16.6. The summed E-state index contributed by atoms with van der Waals surface area (Å²) in [6, 6.07) is 4.38. The first kappa shape index (κ1) is 12.1. The number of rotatable bonds is 3. The Labute approximate surface area is 103 Å². The van der Waals surface area contributed by atoms with Gasteiger partial charge in [0.1, 0.15) is 12.0 Å². The van der Waals surface area contributed by atoms with Gasteiger partial charge in [-0.3, -0.25) is 4.79 Å². The molecular formula is C11H12ClFN2O2. The second-order valence-corrected chi connectivity index (χ2v) is 4.07. The molecule has 6 heteroatoms. The van der Waals surface area contributed by atoms with Crippen LogP contribution in [0.25, 0.3) is 0 Å². The summed E-state index contributed by atoms with van der Waals surface area (Å²) in [5, 5.41) is 0. The van der Waals surface area contributed by atoms with E-state index in [2.05, 4.69) is 4.98 Å². The molecule has 0 spiro atoms. The van der Waals surface area contributed by atoms with Crippen LogP contribution in [0.15, 0.2) is 18.2 Å². The van der Waals surface area contributed by atoms with Gasteiger partial charge in [0.2, 0.25) is 17.7 Å². The fourth-order valence-electron chi connectivity index (χ4n) is 1.76. The molecule has 1 aliphatic rings. The van der Waals surface area contributed by atoms with Crippen molar-refractivity contribution < 1.29 is 13.9 Å². The van der Waals surface area contributed by atoms with Crippen molar-refractivity contribution in [2.24, 2.45) is 0 Å². The molecule has 1 atom stereocenters. The van der Waals surface area contributed by atoms with E-state index >= 15 is 0 Å². The number of likely N-dealkylation sites (tertiary alicyclic amines) is 1. The number of hydrogen-bond acceptors (Lipinski definition) is 3. The highest BCUT2D eigenvalue weighted by Gasteiger charge is 2.27. The highest BCUT2D eigenvalue weighted by atomic mass is 35.5. The van der Waals surface area contributed by atoms with Crippen molar-refractivity contribution in [1.82, 2.24) is 9.88 Å². The molecule has 2 rings (SSSR count). The number of aromatic nitrogens is 1. The van der Waals surface area contributed by atoms with E-state index in [0.717, 1.165) is 0 Å². The quantitative estimate of drug-likeness (QED) is 0.609. The number of alkyl halides is 1. The minimum atomic E-state index is -0.575. The summed E-state index contributed by atoms with van der Waals surface area (Å²) in [5.41, 5.74) is 0. The molecule has 1 aromatic rings. The normalized spacial score (nSPS) is 19.4. The van der Waals surface area contributed by atoms with Gasteiger partial charge in [-0.25, -0.2) is 0 Å². The average molecular weight is 259 g/mol. The van der Waals surface area contributed by atoms with Gasteiger partial charge in [0.25, 0.3) is 0 Å². The predicted molar refractivity (Wildman–Crippen MR) is 60.5 cm³/mol. The number of hydrogen-bond donors (Lipinski definition) is 0. The molecule has 92 valence electrons. The Morgan fingerprint density at radius 1 is 1.65 bits per heavy atom. The molecule has 1 unspecified atom stereocenters. The van der Waals surface area contributed by atoms with Crippen LogP contribution in [-0.4, -0.2) is 40.9 Å². The molecule has 4 nitrogen and oxygen atoms in total. The van der Waals surface area contributed by atoms with E-state index in [1.54, 1.807) is 11.0 Å². The van der Waals surface area contributed by atoms with Gasteiger partial charge in [-0.2, -0.15) is 9.37 Å². The van der Waals surface area contributed by atoms with Gasteiger partial charge >= 0.3 is 0 Å². The van der Waals surface area contributed by atoms with Crippen molar-refractivity contribution in [3.8, 4) is 5.88 Å². The first-order valence-corrected chi connectivity index (χ1v) is 5.85. The summed E-state index contributed by atoms with van der Waals surface area (Å²) in [7, 11) is 0. The van der Waals surface area contributed by atoms with Crippen LogP contribution in [0.1, 0.15) is 6.42 Å². The number of carbonyl (C=O) groups is 1. The molecule has 0 saturated carbocycles. The monoisotopic (exact) mass is 258 g/mol. The van der Waals surface area contributed by atoms with E-state index in [9.17, 15) is 9.18 Å². The maximum absolute atomic E-state index is 12.8. The van der Waals surface area contributed by atoms with Crippen LogP contribution >= 0.6 is 11.6 Å². The van der Waals surface area contributed by atoms with Crippen LogP contribution in [0.2, 0.25) is 0 Å². The van der Waals surface area contributed by atoms with Gasteiger partial charge in [-0.1, -0.05) is 6.07 Å². The van der Waals surface area contributed by atoms with E-state index in [1.165, 1.54) is 12.1 Å². The summed E-state index contributed by atoms with van der Waals surface area (Å²) in [6.07, 6.45) is 0.567. The number of amides is 1. The Balaban J connectivity index is 1.92. The van der Waals surface area contributed by atoms with E-state index < -0.39 is 5.95 Å². The third kappa shape index (κ3) is 3.06. The largest absolute Gasteiger partial charge is 0.472 e. The second-order valence-electron chi connectivity index (χ2n) is 3.80. The van der Waals surface area contributed by atoms with Crippen molar-refractivity contribution in [1.29, 1.82) is 0 Å². The molecule has 1 amide bonds. The highest BCUT2D eigenvalue weighted by Crippen LogP contribution is 2.16. The van der Waals surface area contributed by atoms with Crippen LogP contribution in [0.3, 0.4) is 0 Å². The minimum Gasteiger partial charge on any atom is -0.472 e. The Morgan fingerprint density at radius 2 is 2.47 bits per heavy atom. The fourth-order valence-corrected chi connectivity index (χ4v) is 1.93. The molecule has 1 fully saturated rings. The zero-order valence-electron chi connectivity index (χ0n) is 9.10. The van der Waals surface area contributed by atoms with Gasteiger partial charge in [0.05, 0.1) is 6.54 Å². The van der Waals surface area contributed by atoms with Gasteiger partial charge < -0.3 is 9.64 Å². The molecular weight excluding hydrogens is 247 g/mol. The van der Waals surface area contributed by atoms with E-state index in [0.29, 0.717) is 19.5 Å². The summed E-state index contributed by atoms with van der Waals surface area (Å²) in [5.74, 6) is -0.459. The van der Waals surface area contributed by atoms with Crippen molar-refractivity contribution in [2.45, 2.75) is 12.5 Å². The molecule has 0 bridgehead atoms. The Hall–Kier alpha value is -1.36. The van der Waals surface area contributed by atoms with Crippen molar-refractivity contribution in [3.05, 3.63) is 24.1 Å². The van der Waals surface area contributed by atoms with Crippen LogP contribution in [-0.2, 0) is 4.79 Å². The first-order chi connectivity index (χ1) is 8.19. The van der Waals surface area contributed by atoms with Crippen LogP contribution < -0.4 is 4.74 Å². The lowest BCUT2D eigenvalue weighted by molar-refractivity contribution is -0.127. The predicted octanol–water partition coefficient (Wildman–Crippen LogP) is 1.44. The molecule has 0 radical (unpaired) electrons. The van der Waals surface area contributed by atoms with Gasteiger partial charge in [-0.15, -0.1) is 11.6 Å².